The molecule has 1 N–H and O–H groups in total. The molecule has 0 spiro atoms. The molecule has 0 bridgehead atoms. The van der Waals surface area contributed by atoms with Crippen LogP contribution in [0.25, 0.3) is 10.9 Å². The summed E-state index contributed by atoms with van der Waals surface area (Å²) in [5, 5.41) is 10.9. The summed E-state index contributed by atoms with van der Waals surface area (Å²) < 4.78 is 7.30. The van der Waals surface area contributed by atoms with Crippen molar-refractivity contribution < 1.29 is 19.4 Å². The molecule has 5 nitrogen and oxygen atoms in total. The second-order valence-electron chi connectivity index (χ2n) is 8.05. The maximum absolute atomic E-state index is 12.4. The zero-order valence-corrected chi connectivity index (χ0v) is 17.4. The van der Waals surface area contributed by atoms with Gasteiger partial charge >= 0.3 is 11.9 Å². The lowest BCUT2D eigenvalue weighted by molar-refractivity contribution is -0.144. The number of rotatable bonds is 6. The minimum atomic E-state index is -0.756. The number of hydrogen-bond donors (Lipinski definition) is 1. The van der Waals surface area contributed by atoms with Crippen LogP contribution in [-0.2, 0) is 27.3 Å². The van der Waals surface area contributed by atoms with Crippen LogP contribution in [0.1, 0.15) is 48.9 Å². The Morgan fingerprint density at radius 2 is 1.83 bits per heavy atom. The molecule has 2 aromatic carbocycles. The maximum Gasteiger partial charge on any atom is 0.325 e. The van der Waals surface area contributed by atoms with E-state index in [0.29, 0.717) is 19.4 Å². The molecular weight excluding hydrogens is 378 g/mol. The SMILES string of the molecule is CCOC(=O)Cn1c2c(c3ccccc31)CC(C(=O)O)CC2C(C)c1ccccc1. The van der Waals surface area contributed by atoms with Crippen molar-refractivity contribution in [3.05, 3.63) is 71.4 Å². The van der Waals surface area contributed by atoms with Crippen LogP contribution in [0, 0.1) is 5.92 Å². The van der Waals surface area contributed by atoms with Gasteiger partial charge < -0.3 is 14.4 Å². The summed E-state index contributed by atoms with van der Waals surface area (Å²) in [7, 11) is 0. The van der Waals surface area contributed by atoms with Gasteiger partial charge in [0.05, 0.1) is 12.5 Å². The standard InChI is InChI=1S/C25H27NO4/c1-3-30-23(27)15-26-22-12-8-7-11-19(22)21-14-18(25(28)29)13-20(24(21)26)16(2)17-9-5-4-6-10-17/h4-12,16,18,20H,3,13-15H2,1-2H3,(H,28,29). The number of benzene rings is 2. The summed E-state index contributed by atoms with van der Waals surface area (Å²) in [5.74, 6) is -1.34. The van der Waals surface area contributed by atoms with Gasteiger partial charge in [-0.1, -0.05) is 55.5 Å². The number of esters is 1. The number of nitrogens with zero attached hydrogens (tertiary/aromatic N) is 1. The van der Waals surface area contributed by atoms with E-state index in [4.69, 9.17) is 4.74 Å². The van der Waals surface area contributed by atoms with Crippen molar-refractivity contribution in [2.75, 3.05) is 6.61 Å². The van der Waals surface area contributed by atoms with Gasteiger partial charge in [0.2, 0.25) is 0 Å². The summed E-state index contributed by atoms with van der Waals surface area (Å²) in [4.78, 5) is 24.4. The lowest BCUT2D eigenvalue weighted by atomic mass is 9.72. The summed E-state index contributed by atoms with van der Waals surface area (Å²) in [6, 6.07) is 18.2. The second kappa shape index (κ2) is 8.34. The van der Waals surface area contributed by atoms with Crippen LogP contribution in [0.4, 0.5) is 0 Å². The van der Waals surface area contributed by atoms with E-state index in [-0.39, 0.29) is 24.3 Å². The summed E-state index contributed by atoms with van der Waals surface area (Å²) in [5.41, 5.74) is 4.28. The Bertz CT molecular complexity index is 1070. The molecule has 0 amide bonds. The average molecular weight is 405 g/mol. The third-order valence-electron chi connectivity index (χ3n) is 6.33. The Morgan fingerprint density at radius 3 is 2.53 bits per heavy atom. The van der Waals surface area contributed by atoms with Gasteiger partial charge in [0, 0.05) is 22.5 Å². The molecule has 0 saturated carbocycles. The van der Waals surface area contributed by atoms with Crippen LogP contribution in [0.2, 0.25) is 0 Å². The minimum Gasteiger partial charge on any atom is -0.481 e. The van der Waals surface area contributed by atoms with Crippen molar-refractivity contribution in [3.8, 4) is 0 Å². The fraction of sp³-hybridized carbons (Fsp3) is 0.360. The van der Waals surface area contributed by atoms with E-state index in [1.54, 1.807) is 6.92 Å². The van der Waals surface area contributed by atoms with Gasteiger partial charge in [-0.25, -0.2) is 0 Å². The fourth-order valence-electron chi connectivity index (χ4n) is 4.91. The van der Waals surface area contributed by atoms with Crippen molar-refractivity contribution in [1.29, 1.82) is 0 Å². The molecule has 0 fully saturated rings. The second-order valence-corrected chi connectivity index (χ2v) is 8.05. The molecule has 1 aliphatic rings. The van der Waals surface area contributed by atoms with Crippen molar-refractivity contribution in [1.82, 2.24) is 4.57 Å². The van der Waals surface area contributed by atoms with Gasteiger partial charge in [-0.15, -0.1) is 0 Å². The largest absolute Gasteiger partial charge is 0.481 e. The highest BCUT2D eigenvalue weighted by Crippen LogP contribution is 2.47. The monoisotopic (exact) mass is 405 g/mol. The first-order valence-electron chi connectivity index (χ1n) is 10.5. The van der Waals surface area contributed by atoms with Crippen molar-refractivity contribution >= 4 is 22.8 Å². The maximum atomic E-state index is 12.4. The highest BCUT2D eigenvalue weighted by Gasteiger charge is 2.38. The topological polar surface area (TPSA) is 68.5 Å². The van der Waals surface area contributed by atoms with E-state index >= 15 is 0 Å². The van der Waals surface area contributed by atoms with Crippen molar-refractivity contribution in [2.24, 2.45) is 5.92 Å². The van der Waals surface area contributed by atoms with Crippen LogP contribution in [-0.4, -0.2) is 28.2 Å². The van der Waals surface area contributed by atoms with Crippen molar-refractivity contribution in [2.45, 2.75) is 45.1 Å². The molecule has 0 radical (unpaired) electrons. The molecule has 156 valence electrons. The highest BCUT2D eigenvalue weighted by molar-refractivity contribution is 5.88. The third kappa shape index (κ3) is 3.60. The van der Waals surface area contributed by atoms with Crippen LogP contribution in [0.5, 0.6) is 0 Å². The van der Waals surface area contributed by atoms with Crippen LogP contribution < -0.4 is 0 Å². The summed E-state index contributed by atoms with van der Waals surface area (Å²) >= 11 is 0. The normalized spacial score (nSPS) is 19.3. The number of para-hydroxylation sites is 1. The van der Waals surface area contributed by atoms with Gasteiger partial charge in [0.15, 0.2) is 0 Å². The highest BCUT2D eigenvalue weighted by atomic mass is 16.5. The zero-order valence-electron chi connectivity index (χ0n) is 17.4. The third-order valence-corrected chi connectivity index (χ3v) is 6.33. The van der Waals surface area contributed by atoms with E-state index in [1.165, 1.54) is 5.56 Å². The predicted molar refractivity (Wildman–Crippen MR) is 116 cm³/mol. The quantitative estimate of drug-likeness (QED) is 0.602. The predicted octanol–water partition coefficient (Wildman–Crippen LogP) is 4.74. The number of carbonyl (C=O) groups excluding carboxylic acids is 1. The number of fused-ring (bicyclic) bond motifs is 3. The Kier molecular flexibility index (Phi) is 5.62. The zero-order chi connectivity index (χ0) is 21.3. The van der Waals surface area contributed by atoms with Gasteiger partial charge in [-0.2, -0.15) is 0 Å². The molecule has 4 rings (SSSR count). The summed E-state index contributed by atoms with van der Waals surface area (Å²) in [6.07, 6.45) is 1.04. The fourth-order valence-corrected chi connectivity index (χ4v) is 4.91. The molecule has 1 aromatic heterocycles. The van der Waals surface area contributed by atoms with Gasteiger partial charge in [-0.3, -0.25) is 9.59 Å². The smallest absolute Gasteiger partial charge is 0.325 e. The molecule has 1 heterocycles. The Labute approximate surface area is 176 Å². The average Bonchev–Trinajstić information content (AvgIpc) is 3.07. The Hall–Kier alpha value is -3.08. The van der Waals surface area contributed by atoms with Crippen LogP contribution in [0.15, 0.2) is 54.6 Å². The van der Waals surface area contributed by atoms with Gasteiger partial charge in [0.1, 0.15) is 6.54 Å². The van der Waals surface area contributed by atoms with Crippen molar-refractivity contribution in [3.63, 3.8) is 0 Å². The number of aliphatic carboxylic acids is 1. The number of carboxylic acids is 1. The summed E-state index contributed by atoms with van der Waals surface area (Å²) in [6.45, 7) is 4.43. The first-order chi connectivity index (χ1) is 14.5. The van der Waals surface area contributed by atoms with Gasteiger partial charge in [-0.05, 0) is 42.9 Å². The van der Waals surface area contributed by atoms with E-state index in [1.807, 2.05) is 42.5 Å². The number of hydrogen-bond acceptors (Lipinski definition) is 3. The molecule has 30 heavy (non-hydrogen) atoms. The Morgan fingerprint density at radius 1 is 1.13 bits per heavy atom. The van der Waals surface area contributed by atoms with E-state index < -0.39 is 11.9 Å². The molecule has 0 saturated heterocycles. The number of carboxylic acid groups (broad SMARTS) is 1. The molecule has 0 aliphatic heterocycles. The molecule has 1 aliphatic carbocycles. The van der Waals surface area contributed by atoms with Gasteiger partial charge in [0.25, 0.3) is 0 Å². The van der Waals surface area contributed by atoms with E-state index in [2.05, 4.69) is 23.6 Å². The Balaban J connectivity index is 1.89. The van der Waals surface area contributed by atoms with Crippen LogP contribution >= 0.6 is 0 Å². The molecular formula is C25H27NO4. The number of carbonyl (C=O) groups is 2. The minimum absolute atomic E-state index is 0.000855. The lowest BCUT2D eigenvalue weighted by Crippen LogP contribution is -2.29. The first-order valence-corrected chi connectivity index (χ1v) is 10.5. The lowest BCUT2D eigenvalue weighted by Gasteiger charge is -2.33. The number of ether oxygens (including phenoxy) is 1. The first kappa shape index (κ1) is 20.2. The van der Waals surface area contributed by atoms with E-state index in [0.717, 1.165) is 22.2 Å². The molecule has 5 heteroatoms. The van der Waals surface area contributed by atoms with Crippen LogP contribution in [0.3, 0.4) is 0 Å². The number of aromatic nitrogens is 1. The molecule has 3 atom stereocenters. The molecule has 3 unspecified atom stereocenters. The molecule has 3 aromatic rings. The van der Waals surface area contributed by atoms with E-state index in [9.17, 15) is 14.7 Å².